The van der Waals surface area contributed by atoms with Crippen LogP contribution in [-0.2, 0) is 14.3 Å². The van der Waals surface area contributed by atoms with Gasteiger partial charge in [0.1, 0.15) is 17.3 Å². The maximum absolute atomic E-state index is 13.3. The van der Waals surface area contributed by atoms with Crippen molar-refractivity contribution in [2.24, 2.45) is 0 Å². The largest absolute Gasteiger partial charge is 0.507 e. The van der Waals surface area contributed by atoms with Gasteiger partial charge in [0.05, 0.1) is 18.2 Å². The number of Topliss-reactive ketones (excluding diaryl/α,β-unsaturated/α-hetero) is 1. The van der Waals surface area contributed by atoms with E-state index in [1.165, 1.54) is 29.2 Å². The van der Waals surface area contributed by atoms with E-state index < -0.39 is 23.5 Å². The van der Waals surface area contributed by atoms with Gasteiger partial charge in [-0.15, -0.1) is 0 Å². The first-order valence-electron chi connectivity index (χ1n) is 10.2. The Morgan fingerprint density at radius 3 is 2.55 bits per heavy atom. The van der Waals surface area contributed by atoms with Crippen LogP contribution in [0, 0.1) is 5.82 Å². The summed E-state index contributed by atoms with van der Waals surface area (Å²) in [6.07, 6.45) is 1.37. The maximum atomic E-state index is 13.3. The Labute approximate surface area is 180 Å². The molecule has 0 bridgehead atoms. The van der Waals surface area contributed by atoms with Crippen LogP contribution in [0.3, 0.4) is 0 Å². The summed E-state index contributed by atoms with van der Waals surface area (Å²) in [5, 5.41) is 10.9. The molecule has 1 aliphatic heterocycles. The van der Waals surface area contributed by atoms with Crippen LogP contribution >= 0.6 is 0 Å². The smallest absolute Gasteiger partial charge is 0.295 e. The van der Waals surface area contributed by atoms with E-state index in [0.29, 0.717) is 30.9 Å². The number of amides is 1. The van der Waals surface area contributed by atoms with Crippen LogP contribution in [0.1, 0.15) is 36.9 Å². The number of carbonyl (C=O) groups excluding carboxylic acids is 2. The van der Waals surface area contributed by atoms with E-state index in [2.05, 4.69) is 0 Å². The quantitative estimate of drug-likeness (QED) is 0.283. The summed E-state index contributed by atoms with van der Waals surface area (Å²) in [5.41, 5.74) is 0.884. The van der Waals surface area contributed by atoms with Crippen molar-refractivity contribution < 1.29 is 28.6 Å². The number of carbonyl (C=O) groups is 2. The third-order valence-electron chi connectivity index (χ3n) is 5.05. The molecule has 3 rings (SSSR count). The molecule has 0 aliphatic carbocycles. The Bertz CT molecular complexity index is 970. The maximum Gasteiger partial charge on any atom is 0.295 e. The molecule has 0 aromatic heterocycles. The van der Waals surface area contributed by atoms with Crippen molar-refractivity contribution in [1.29, 1.82) is 0 Å². The summed E-state index contributed by atoms with van der Waals surface area (Å²) in [6.45, 7) is 3.24. The fourth-order valence-corrected chi connectivity index (χ4v) is 3.59. The standard InChI is InChI=1S/C24H26FNO5/c1-3-13-31-19-7-4-6-17(15-19)21-20(22(27)16-8-10-18(25)11-9-16)23(28)24(29)26(21)12-5-14-30-2/h4,6-11,15,21,27H,3,5,12-14H2,1-2H3. The molecule has 6 nitrogen and oxygen atoms in total. The lowest BCUT2D eigenvalue weighted by Gasteiger charge is -2.25. The van der Waals surface area contributed by atoms with Crippen LogP contribution in [0.4, 0.5) is 4.39 Å². The first-order chi connectivity index (χ1) is 15.0. The summed E-state index contributed by atoms with van der Waals surface area (Å²) in [7, 11) is 1.56. The Morgan fingerprint density at radius 1 is 1.13 bits per heavy atom. The highest BCUT2D eigenvalue weighted by Crippen LogP contribution is 2.40. The summed E-state index contributed by atoms with van der Waals surface area (Å²) in [6, 6.07) is 11.5. The van der Waals surface area contributed by atoms with Crippen molar-refractivity contribution >= 4 is 17.4 Å². The molecule has 7 heteroatoms. The molecule has 0 spiro atoms. The van der Waals surface area contributed by atoms with Gasteiger partial charge < -0.3 is 19.5 Å². The molecule has 31 heavy (non-hydrogen) atoms. The van der Waals surface area contributed by atoms with Crippen molar-refractivity contribution in [3.8, 4) is 5.75 Å². The number of ketones is 1. The minimum atomic E-state index is -0.785. The molecule has 2 aromatic rings. The van der Waals surface area contributed by atoms with E-state index >= 15 is 0 Å². The highest BCUT2D eigenvalue weighted by atomic mass is 19.1. The van der Waals surface area contributed by atoms with Crippen LogP contribution in [0.25, 0.3) is 5.76 Å². The predicted octanol–water partition coefficient (Wildman–Crippen LogP) is 4.07. The molecule has 1 unspecified atom stereocenters. The van der Waals surface area contributed by atoms with Gasteiger partial charge >= 0.3 is 0 Å². The number of nitrogens with zero attached hydrogens (tertiary/aromatic N) is 1. The van der Waals surface area contributed by atoms with Crippen LogP contribution in [0.2, 0.25) is 0 Å². The Hall–Kier alpha value is -3.19. The number of halogens is 1. The molecule has 2 aromatic carbocycles. The highest BCUT2D eigenvalue weighted by molar-refractivity contribution is 6.46. The van der Waals surface area contributed by atoms with Crippen LogP contribution in [-0.4, -0.2) is 48.6 Å². The summed E-state index contributed by atoms with van der Waals surface area (Å²) in [5.74, 6) is -1.65. The van der Waals surface area contributed by atoms with Gasteiger partial charge in [0.2, 0.25) is 0 Å². The molecule has 1 saturated heterocycles. The number of rotatable bonds is 9. The highest BCUT2D eigenvalue weighted by Gasteiger charge is 2.45. The number of aliphatic hydroxyl groups is 1. The molecule has 1 heterocycles. The second-order valence-corrected chi connectivity index (χ2v) is 7.27. The normalized spacial score (nSPS) is 17.9. The lowest BCUT2D eigenvalue weighted by Crippen LogP contribution is -2.31. The summed E-state index contributed by atoms with van der Waals surface area (Å²) >= 11 is 0. The van der Waals surface area contributed by atoms with Crippen LogP contribution in [0.15, 0.2) is 54.1 Å². The van der Waals surface area contributed by atoms with E-state index in [9.17, 15) is 19.1 Å². The van der Waals surface area contributed by atoms with Crippen molar-refractivity contribution in [3.63, 3.8) is 0 Å². The number of methoxy groups -OCH3 is 1. The van der Waals surface area contributed by atoms with E-state index in [1.54, 1.807) is 31.4 Å². The zero-order chi connectivity index (χ0) is 22.4. The Morgan fingerprint density at radius 2 is 1.87 bits per heavy atom. The average Bonchev–Trinajstić information content (AvgIpc) is 3.03. The van der Waals surface area contributed by atoms with Crippen molar-refractivity contribution in [2.75, 3.05) is 26.9 Å². The van der Waals surface area contributed by atoms with Gasteiger partial charge in [-0.1, -0.05) is 19.1 Å². The molecule has 0 radical (unpaired) electrons. The third-order valence-corrected chi connectivity index (χ3v) is 5.05. The average molecular weight is 427 g/mol. The van der Waals surface area contributed by atoms with Crippen molar-refractivity contribution in [2.45, 2.75) is 25.8 Å². The van der Waals surface area contributed by atoms with Crippen LogP contribution < -0.4 is 4.74 Å². The fraction of sp³-hybridized carbons (Fsp3) is 0.333. The molecule has 1 aliphatic rings. The van der Waals surface area contributed by atoms with Gasteiger partial charge in [0, 0.05) is 25.8 Å². The molecule has 164 valence electrons. The Kier molecular flexibility index (Phi) is 7.41. The molecule has 1 fully saturated rings. The number of aliphatic hydroxyl groups excluding tert-OH is 1. The first kappa shape index (κ1) is 22.5. The monoisotopic (exact) mass is 427 g/mol. The van der Waals surface area contributed by atoms with Gasteiger partial charge in [0.15, 0.2) is 0 Å². The van der Waals surface area contributed by atoms with Gasteiger partial charge in [-0.05, 0) is 54.8 Å². The van der Waals surface area contributed by atoms with Gasteiger partial charge in [0.25, 0.3) is 11.7 Å². The minimum absolute atomic E-state index is 0.0262. The van der Waals surface area contributed by atoms with Gasteiger partial charge in [-0.3, -0.25) is 9.59 Å². The second-order valence-electron chi connectivity index (χ2n) is 7.27. The van der Waals surface area contributed by atoms with E-state index in [-0.39, 0.29) is 23.4 Å². The van der Waals surface area contributed by atoms with E-state index in [1.807, 2.05) is 6.92 Å². The van der Waals surface area contributed by atoms with E-state index in [0.717, 1.165) is 6.42 Å². The fourth-order valence-electron chi connectivity index (χ4n) is 3.59. The molecule has 0 saturated carbocycles. The van der Waals surface area contributed by atoms with Crippen molar-refractivity contribution in [3.05, 3.63) is 71.0 Å². The molecule has 1 amide bonds. The lowest BCUT2D eigenvalue weighted by molar-refractivity contribution is -0.140. The number of hydrogen-bond acceptors (Lipinski definition) is 5. The van der Waals surface area contributed by atoms with Crippen LogP contribution in [0.5, 0.6) is 5.75 Å². The first-order valence-corrected chi connectivity index (χ1v) is 10.2. The molecular weight excluding hydrogens is 401 g/mol. The number of likely N-dealkylation sites (tertiary alicyclic amines) is 1. The number of hydrogen-bond donors (Lipinski definition) is 1. The van der Waals surface area contributed by atoms with Gasteiger partial charge in [-0.2, -0.15) is 0 Å². The third kappa shape index (κ3) is 4.94. The van der Waals surface area contributed by atoms with Gasteiger partial charge in [-0.25, -0.2) is 4.39 Å². The molecular formula is C24H26FNO5. The number of ether oxygens (including phenoxy) is 2. The second kappa shape index (κ2) is 10.2. The molecule has 1 N–H and O–H groups in total. The SMILES string of the molecule is CCCOc1cccc(C2C(=C(O)c3ccc(F)cc3)C(=O)C(=O)N2CCCOC)c1. The minimum Gasteiger partial charge on any atom is -0.507 e. The lowest BCUT2D eigenvalue weighted by atomic mass is 9.95. The predicted molar refractivity (Wildman–Crippen MR) is 114 cm³/mol. The number of benzene rings is 2. The van der Waals surface area contributed by atoms with Crippen molar-refractivity contribution in [1.82, 2.24) is 4.90 Å². The molecule has 1 atom stereocenters. The Balaban J connectivity index is 2.09. The van der Waals surface area contributed by atoms with E-state index in [4.69, 9.17) is 9.47 Å². The zero-order valence-electron chi connectivity index (χ0n) is 17.6. The summed E-state index contributed by atoms with van der Waals surface area (Å²) < 4.78 is 24.1. The summed E-state index contributed by atoms with van der Waals surface area (Å²) in [4.78, 5) is 27.2. The zero-order valence-corrected chi connectivity index (χ0v) is 17.6. The topological polar surface area (TPSA) is 76.1 Å².